The number of aliphatic hydroxyl groups is 1. The number of rotatable bonds is 5. The molecule has 0 saturated heterocycles. The lowest BCUT2D eigenvalue weighted by atomic mass is 10.2. The van der Waals surface area contributed by atoms with Crippen LogP contribution in [0.4, 0.5) is 4.39 Å². The summed E-state index contributed by atoms with van der Waals surface area (Å²) < 4.78 is 20.5. The Bertz CT molecular complexity index is 197. The number of esters is 1. The summed E-state index contributed by atoms with van der Waals surface area (Å²) in [5.74, 6) is -2.90. The Morgan fingerprint density at radius 1 is 1.62 bits per heavy atom. The summed E-state index contributed by atoms with van der Waals surface area (Å²) in [4.78, 5) is 21.3. The van der Waals surface area contributed by atoms with Crippen molar-refractivity contribution in [3.63, 3.8) is 0 Å². The lowest BCUT2D eigenvalue weighted by molar-refractivity contribution is -0.162. The minimum absolute atomic E-state index is 0.0587. The molecule has 2 radical (unpaired) electrons. The van der Waals surface area contributed by atoms with E-state index in [-0.39, 0.29) is 6.61 Å². The molecular weight excluding hydrogens is 182 g/mol. The predicted molar refractivity (Wildman–Crippen MR) is 39.4 cm³/mol. The van der Waals surface area contributed by atoms with Gasteiger partial charge >= 0.3 is 5.97 Å². The second-order valence-corrected chi connectivity index (χ2v) is 2.01. The third-order valence-electron chi connectivity index (χ3n) is 1.12. The van der Waals surface area contributed by atoms with E-state index in [0.29, 0.717) is 0 Å². The first-order valence-corrected chi connectivity index (χ1v) is 3.43. The van der Waals surface area contributed by atoms with Gasteiger partial charge in [-0.15, -0.1) is 0 Å². The molecule has 13 heavy (non-hydrogen) atoms. The van der Waals surface area contributed by atoms with Crippen LogP contribution in [0.1, 0.15) is 6.92 Å². The molecule has 0 bridgehead atoms. The van der Waals surface area contributed by atoms with Gasteiger partial charge in [-0.1, -0.05) is 0 Å². The van der Waals surface area contributed by atoms with Crippen LogP contribution in [0, 0.1) is 0 Å². The summed E-state index contributed by atoms with van der Waals surface area (Å²) in [7, 11) is 4.39. The van der Waals surface area contributed by atoms with E-state index in [1.807, 2.05) is 0 Å². The zero-order valence-electron chi connectivity index (χ0n) is 6.90. The molecule has 0 amide bonds. The maximum Gasteiger partial charge on any atom is 0.377 e. The van der Waals surface area contributed by atoms with Crippen molar-refractivity contribution >= 4 is 19.8 Å². The fourth-order valence-corrected chi connectivity index (χ4v) is 0.513. The molecule has 0 saturated carbocycles. The van der Waals surface area contributed by atoms with Crippen molar-refractivity contribution in [3.05, 3.63) is 0 Å². The molecule has 0 rings (SSSR count). The van der Waals surface area contributed by atoms with Crippen LogP contribution in [0.3, 0.4) is 0 Å². The van der Waals surface area contributed by atoms with Gasteiger partial charge in [0.1, 0.15) is 0 Å². The average molecular weight is 190 g/mol. The highest BCUT2D eigenvalue weighted by molar-refractivity contribution is 6.35. The largest absolute Gasteiger partial charge is 0.460 e. The summed E-state index contributed by atoms with van der Waals surface area (Å²) in [6.07, 6.45) is -4.68. The Hall–Kier alpha value is -0.945. The molecule has 0 aromatic rings. The monoisotopic (exact) mass is 190 g/mol. The van der Waals surface area contributed by atoms with Crippen LogP contribution >= 0.6 is 0 Å². The van der Waals surface area contributed by atoms with Crippen LogP contribution in [0.25, 0.3) is 0 Å². The molecule has 2 unspecified atom stereocenters. The number of carbonyl (C=O) groups is 2. The van der Waals surface area contributed by atoms with Gasteiger partial charge in [0.25, 0.3) is 13.8 Å². The van der Waals surface area contributed by atoms with Gasteiger partial charge < -0.3 is 14.5 Å². The van der Waals surface area contributed by atoms with Crippen molar-refractivity contribution in [1.29, 1.82) is 0 Å². The fraction of sp³-hybridized carbons (Fsp3) is 0.667. The molecule has 0 fully saturated rings. The third-order valence-corrected chi connectivity index (χ3v) is 1.12. The van der Waals surface area contributed by atoms with Crippen molar-refractivity contribution in [2.75, 3.05) is 6.61 Å². The lowest BCUT2D eigenvalue weighted by Gasteiger charge is -2.11. The van der Waals surface area contributed by atoms with Gasteiger partial charge in [0.05, 0.1) is 6.61 Å². The fourth-order valence-electron chi connectivity index (χ4n) is 0.513. The van der Waals surface area contributed by atoms with Gasteiger partial charge in [0, 0.05) is 0 Å². The summed E-state index contributed by atoms with van der Waals surface area (Å²) in [6.45, 7) is 1.39. The number of ether oxygens (including phenoxy) is 1. The zero-order valence-corrected chi connectivity index (χ0v) is 6.90. The summed E-state index contributed by atoms with van der Waals surface area (Å²) >= 11 is 0. The Balaban J connectivity index is 4.17. The molecule has 72 valence electrons. The van der Waals surface area contributed by atoms with E-state index in [1.54, 1.807) is 0 Å². The van der Waals surface area contributed by atoms with Crippen LogP contribution in [0.15, 0.2) is 0 Å². The molecule has 1 N–H and O–H groups in total. The number of ketones is 1. The maximum atomic E-state index is 12.7. The highest BCUT2D eigenvalue weighted by atomic mass is 19.1. The molecule has 0 aromatic carbocycles. The van der Waals surface area contributed by atoms with Crippen LogP contribution in [-0.2, 0) is 19.0 Å². The van der Waals surface area contributed by atoms with Gasteiger partial charge in [0.2, 0.25) is 6.17 Å². The smallest absolute Gasteiger partial charge is 0.377 e. The zero-order chi connectivity index (χ0) is 10.4. The van der Waals surface area contributed by atoms with Gasteiger partial charge in [-0.2, -0.15) is 0 Å². The van der Waals surface area contributed by atoms with Crippen molar-refractivity contribution in [3.8, 4) is 0 Å². The van der Waals surface area contributed by atoms with Gasteiger partial charge in [0.15, 0.2) is 6.29 Å². The van der Waals surface area contributed by atoms with Crippen LogP contribution in [0.5, 0.6) is 0 Å². The third kappa shape index (κ3) is 3.52. The Morgan fingerprint density at radius 2 is 2.15 bits per heavy atom. The van der Waals surface area contributed by atoms with E-state index in [1.165, 1.54) is 6.92 Å². The average Bonchev–Trinajstić information content (AvgIpc) is 2.14. The SMILES string of the molecule is [B]OC(O)C(F)C(=O)C(=O)OCC. The van der Waals surface area contributed by atoms with Crippen molar-refractivity contribution in [2.24, 2.45) is 0 Å². The Labute approximate surface area is 75.3 Å². The molecule has 2 atom stereocenters. The van der Waals surface area contributed by atoms with Gasteiger partial charge in [-0.05, 0) is 6.92 Å². The van der Waals surface area contributed by atoms with Crippen LogP contribution < -0.4 is 0 Å². The molecule has 0 aliphatic heterocycles. The second kappa shape index (κ2) is 5.66. The predicted octanol–water partition coefficient (Wildman–Crippen LogP) is -1.12. The highest BCUT2D eigenvalue weighted by Crippen LogP contribution is 2.02. The number of aliphatic hydroxyl groups excluding tert-OH is 1. The first-order chi connectivity index (χ1) is 6.04. The maximum absolute atomic E-state index is 12.7. The Kier molecular flexibility index (Phi) is 5.25. The van der Waals surface area contributed by atoms with E-state index in [2.05, 4.69) is 17.4 Å². The number of halogens is 1. The molecule has 0 aliphatic rings. The van der Waals surface area contributed by atoms with E-state index in [0.717, 1.165) is 0 Å². The van der Waals surface area contributed by atoms with E-state index >= 15 is 0 Å². The molecule has 0 heterocycles. The molecule has 7 heteroatoms. The topological polar surface area (TPSA) is 72.8 Å². The quantitative estimate of drug-likeness (QED) is 0.257. The van der Waals surface area contributed by atoms with Crippen LogP contribution in [0.2, 0.25) is 0 Å². The number of Topliss-reactive ketones (excluding diaryl/α,β-unsaturated/α-hetero) is 1. The second-order valence-electron chi connectivity index (χ2n) is 2.01. The van der Waals surface area contributed by atoms with Crippen molar-refractivity contribution < 1.29 is 28.5 Å². The number of alkyl halides is 1. The number of hydrogen-bond acceptors (Lipinski definition) is 5. The molecule has 0 spiro atoms. The van der Waals surface area contributed by atoms with Crippen molar-refractivity contribution in [1.82, 2.24) is 0 Å². The summed E-state index contributed by atoms with van der Waals surface area (Å²) in [6, 6.07) is 0. The first kappa shape index (κ1) is 12.1. The Morgan fingerprint density at radius 3 is 2.54 bits per heavy atom. The number of hydrogen-bond donors (Lipinski definition) is 1. The number of carbonyl (C=O) groups excluding carboxylic acids is 2. The lowest BCUT2D eigenvalue weighted by Crippen LogP contribution is -2.37. The summed E-state index contributed by atoms with van der Waals surface area (Å²) in [5.41, 5.74) is 0. The van der Waals surface area contributed by atoms with E-state index < -0.39 is 24.2 Å². The molecule has 0 aromatic heterocycles. The molecule has 0 aliphatic carbocycles. The van der Waals surface area contributed by atoms with E-state index in [9.17, 15) is 14.0 Å². The highest BCUT2D eigenvalue weighted by Gasteiger charge is 2.32. The van der Waals surface area contributed by atoms with Crippen LogP contribution in [-0.4, -0.2) is 44.0 Å². The summed E-state index contributed by atoms with van der Waals surface area (Å²) in [5, 5.41) is 8.56. The molecular formula is C6H8BFO5. The van der Waals surface area contributed by atoms with Gasteiger partial charge in [-0.3, -0.25) is 4.79 Å². The minimum atomic E-state index is -2.52. The first-order valence-electron chi connectivity index (χ1n) is 3.43. The van der Waals surface area contributed by atoms with Gasteiger partial charge in [-0.25, -0.2) is 9.18 Å². The standard InChI is InChI=1S/C6H8BFO5/c1-2-12-6(11)4(9)3(8)5(10)13-7/h3,5,10H,2H2,1H3. The van der Waals surface area contributed by atoms with Crippen molar-refractivity contribution in [2.45, 2.75) is 19.4 Å². The normalized spacial score (nSPS) is 14.7. The van der Waals surface area contributed by atoms with E-state index in [4.69, 9.17) is 5.11 Å². The minimum Gasteiger partial charge on any atom is -0.460 e. The molecule has 5 nitrogen and oxygen atoms in total.